The highest BCUT2D eigenvalue weighted by Crippen LogP contribution is 2.25. The lowest BCUT2D eigenvalue weighted by atomic mass is 10.4. The molecule has 0 aliphatic carbocycles. The summed E-state index contributed by atoms with van der Waals surface area (Å²) >= 11 is 0. The molecule has 0 aliphatic heterocycles. The van der Waals surface area contributed by atoms with Crippen molar-refractivity contribution in [1.82, 2.24) is 14.5 Å². The second-order valence-electron chi connectivity index (χ2n) is 3.16. The van der Waals surface area contributed by atoms with Crippen molar-refractivity contribution in [1.29, 1.82) is 0 Å². The molecule has 0 aromatic carbocycles. The number of rotatable bonds is 2. The third kappa shape index (κ3) is 1.48. The molecule has 0 N–H and O–H groups in total. The van der Waals surface area contributed by atoms with Crippen LogP contribution in [0.3, 0.4) is 0 Å². The minimum absolute atomic E-state index is 0.123. The molecular formula is C10H11N3O3. The zero-order valence-electron chi connectivity index (χ0n) is 9.22. The van der Waals surface area contributed by atoms with Gasteiger partial charge in [-0.3, -0.25) is 9.36 Å². The quantitative estimate of drug-likeness (QED) is 0.759. The van der Waals surface area contributed by atoms with E-state index in [1.54, 1.807) is 12.3 Å². The van der Waals surface area contributed by atoms with E-state index >= 15 is 0 Å². The van der Waals surface area contributed by atoms with Crippen LogP contribution >= 0.6 is 0 Å². The van der Waals surface area contributed by atoms with Crippen LogP contribution in [-0.2, 0) is 0 Å². The predicted octanol–water partition coefficient (Wildman–Crippen LogP) is 1.11. The first-order valence-electron chi connectivity index (χ1n) is 4.65. The molecule has 0 aliphatic rings. The van der Waals surface area contributed by atoms with Crippen LogP contribution in [0, 0.1) is 0 Å². The van der Waals surface area contributed by atoms with Gasteiger partial charge < -0.3 is 9.47 Å². The zero-order valence-corrected chi connectivity index (χ0v) is 9.22. The molecule has 2 heterocycles. The maximum atomic E-state index is 11.4. The Kier molecular flexibility index (Phi) is 2.47. The van der Waals surface area contributed by atoms with E-state index in [9.17, 15) is 4.79 Å². The number of fused-ring (bicyclic) bond motifs is 1. The standard InChI is InChI=1S/C10H11N3O3/c1-6(14)13-5-4-7-8(13)9(15-2)12-10(11-7)16-3/h4-5H,1-3H3. The highest BCUT2D eigenvalue weighted by molar-refractivity contribution is 5.92. The highest BCUT2D eigenvalue weighted by Gasteiger charge is 2.14. The van der Waals surface area contributed by atoms with Gasteiger partial charge in [0.15, 0.2) is 0 Å². The van der Waals surface area contributed by atoms with Crippen LogP contribution in [0.15, 0.2) is 12.3 Å². The van der Waals surface area contributed by atoms with Crippen LogP contribution in [-0.4, -0.2) is 34.7 Å². The number of hydrogen-bond acceptors (Lipinski definition) is 5. The molecule has 84 valence electrons. The Labute approximate surface area is 91.8 Å². The molecule has 0 bridgehead atoms. The first-order chi connectivity index (χ1) is 7.67. The number of methoxy groups -OCH3 is 2. The third-order valence-corrected chi connectivity index (χ3v) is 2.20. The Morgan fingerprint density at radius 1 is 1.31 bits per heavy atom. The van der Waals surface area contributed by atoms with E-state index < -0.39 is 0 Å². The summed E-state index contributed by atoms with van der Waals surface area (Å²) in [5.74, 6) is 0.198. The second-order valence-corrected chi connectivity index (χ2v) is 3.16. The molecule has 0 saturated carbocycles. The van der Waals surface area contributed by atoms with Crippen LogP contribution in [0.5, 0.6) is 11.9 Å². The summed E-state index contributed by atoms with van der Waals surface area (Å²) in [5, 5.41) is 0. The van der Waals surface area contributed by atoms with Crippen molar-refractivity contribution in [3.05, 3.63) is 12.3 Å². The molecule has 0 saturated heterocycles. The number of ether oxygens (including phenoxy) is 2. The molecule has 16 heavy (non-hydrogen) atoms. The number of nitrogens with zero attached hydrogens (tertiary/aromatic N) is 3. The van der Waals surface area contributed by atoms with Gasteiger partial charge in [0.25, 0.3) is 0 Å². The molecule has 0 unspecified atom stereocenters. The van der Waals surface area contributed by atoms with Gasteiger partial charge in [0, 0.05) is 13.1 Å². The fourth-order valence-corrected chi connectivity index (χ4v) is 1.49. The average molecular weight is 221 g/mol. The first kappa shape index (κ1) is 10.4. The van der Waals surface area contributed by atoms with Gasteiger partial charge in [-0.1, -0.05) is 0 Å². The van der Waals surface area contributed by atoms with Crippen LogP contribution in [0.1, 0.15) is 11.7 Å². The first-order valence-corrected chi connectivity index (χ1v) is 4.65. The predicted molar refractivity (Wildman–Crippen MR) is 56.9 cm³/mol. The number of aromatic nitrogens is 3. The van der Waals surface area contributed by atoms with Crippen molar-refractivity contribution < 1.29 is 14.3 Å². The molecular weight excluding hydrogens is 210 g/mol. The molecule has 0 atom stereocenters. The van der Waals surface area contributed by atoms with Crippen molar-refractivity contribution in [3.8, 4) is 11.9 Å². The summed E-state index contributed by atoms with van der Waals surface area (Å²) in [6.07, 6.45) is 1.63. The number of hydrogen-bond donors (Lipinski definition) is 0. The lowest BCUT2D eigenvalue weighted by molar-refractivity contribution is 0.0941. The average Bonchev–Trinajstić information content (AvgIpc) is 2.71. The number of carbonyl (C=O) groups is 1. The van der Waals surface area contributed by atoms with Gasteiger partial charge in [0.1, 0.15) is 5.52 Å². The van der Waals surface area contributed by atoms with Crippen LogP contribution < -0.4 is 9.47 Å². The Morgan fingerprint density at radius 3 is 2.62 bits per heavy atom. The van der Waals surface area contributed by atoms with Crippen LogP contribution in [0.4, 0.5) is 0 Å². The Balaban J connectivity index is 2.77. The molecule has 6 nitrogen and oxygen atoms in total. The molecule has 0 fully saturated rings. The van der Waals surface area contributed by atoms with Crippen molar-refractivity contribution in [2.75, 3.05) is 14.2 Å². The normalized spacial score (nSPS) is 10.4. The fraction of sp³-hybridized carbons (Fsp3) is 0.300. The molecule has 6 heteroatoms. The molecule has 2 aromatic rings. The molecule has 0 amide bonds. The van der Waals surface area contributed by atoms with E-state index in [1.165, 1.54) is 25.7 Å². The van der Waals surface area contributed by atoms with Gasteiger partial charge in [0.2, 0.25) is 11.8 Å². The van der Waals surface area contributed by atoms with E-state index in [0.29, 0.717) is 16.9 Å². The smallest absolute Gasteiger partial charge is 0.320 e. The molecule has 2 rings (SSSR count). The largest absolute Gasteiger partial charge is 0.479 e. The highest BCUT2D eigenvalue weighted by atomic mass is 16.5. The minimum Gasteiger partial charge on any atom is -0.479 e. The Hall–Kier alpha value is -2.11. The summed E-state index contributed by atoms with van der Waals surface area (Å²) in [4.78, 5) is 19.5. The summed E-state index contributed by atoms with van der Waals surface area (Å²) in [6, 6.07) is 1.93. The minimum atomic E-state index is -0.123. The van der Waals surface area contributed by atoms with Crippen molar-refractivity contribution in [2.45, 2.75) is 6.92 Å². The Morgan fingerprint density at radius 2 is 2.06 bits per heavy atom. The number of carbonyl (C=O) groups excluding carboxylic acids is 1. The third-order valence-electron chi connectivity index (χ3n) is 2.20. The van der Waals surface area contributed by atoms with Gasteiger partial charge in [-0.15, -0.1) is 0 Å². The van der Waals surface area contributed by atoms with E-state index in [-0.39, 0.29) is 11.9 Å². The molecule has 0 radical (unpaired) electrons. The lowest BCUT2D eigenvalue weighted by Gasteiger charge is -2.05. The molecule has 0 spiro atoms. The van der Waals surface area contributed by atoms with E-state index in [0.717, 1.165) is 0 Å². The summed E-state index contributed by atoms with van der Waals surface area (Å²) < 4.78 is 11.5. The van der Waals surface area contributed by atoms with Gasteiger partial charge >= 0.3 is 6.01 Å². The summed E-state index contributed by atoms with van der Waals surface area (Å²) in [5.41, 5.74) is 1.16. The SMILES string of the molecule is COc1nc(OC)c2c(ccn2C(C)=O)n1. The molecule has 2 aromatic heterocycles. The maximum absolute atomic E-state index is 11.4. The van der Waals surface area contributed by atoms with Crippen molar-refractivity contribution in [2.24, 2.45) is 0 Å². The van der Waals surface area contributed by atoms with Gasteiger partial charge in [0.05, 0.1) is 19.7 Å². The van der Waals surface area contributed by atoms with E-state index in [1.807, 2.05) is 0 Å². The maximum Gasteiger partial charge on any atom is 0.320 e. The van der Waals surface area contributed by atoms with Crippen molar-refractivity contribution in [3.63, 3.8) is 0 Å². The van der Waals surface area contributed by atoms with Crippen molar-refractivity contribution >= 4 is 16.9 Å². The Bertz CT molecular complexity index is 547. The van der Waals surface area contributed by atoms with E-state index in [2.05, 4.69) is 9.97 Å². The summed E-state index contributed by atoms with van der Waals surface area (Å²) in [7, 11) is 2.96. The monoisotopic (exact) mass is 221 g/mol. The van der Waals surface area contributed by atoms with Gasteiger partial charge in [-0.25, -0.2) is 0 Å². The van der Waals surface area contributed by atoms with Gasteiger partial charge in [-0.2, -0.15) is 9.97 Å². The summed E-state index contributed by atoms with van der Waals surface area (Å²) in [6.45, 7) is 1.46. The topological polar surface area (TPSA) is 66.2 Å². The van der Waals surface area contributed by atoms with E-state index in [4.69, 9.17) is 9.47 Å². The lowest BCUT2D eigenvalue weighted by Crippen LogP contribution is -2.06. The van der Waals surface area contributed by atoms with Gasteiger partial charge in [-0.05, 0) is 6.07 Å². The zero-order chi connectivity index (χ0) is 11.7. The van der Waals surface area contributed by atoms with Crippen LogP contribution in [0.2, 0.25) is 0 Å². The second kappa shape index (κ2) is 3.80. The fourth-order valence-electron chi connectivity index (χ4n) is 1.49. The van der Waals surface area contributed by atoms with Crippen LogP contribution in [0.25, 0.3) is 11.0 Å².